The molecule has 34 heavy (non-hydrogen) atoms. The van der Waals surface area contributed by atoms with Crippen molar-refractivity contribution in [2.75, 3.05) is 20.3 Å². The van der Waals surface area contributed by atoms with Crippen molar-refractivity contribution < 1.29 is 19.1 Å². The molecule has 2 amide bonds. The number of hydrogen-bond donors (Lipinski definition) is 1. The molecule has 0 spiro atoms. The summed E-state index contributed by atoms with van der Waals surface area (Å²) < 4.78 is 11.1. The van der Waals surface area contributed by atoms with E-state index in [1.165, 1.54) is 0 Å². The number of nitrogens with one attached hydrogen (secondary N) is 1. The first-order chi connectivity index (χ1) is 16.5. The number of halogens is 1. The molecule has 3 aromatic rings. The van der Waals surface area contributed by atoms with E-state index in [0.29, 0.717) is 29.5 Å². The molecule has 0 heterocycles. The number of likely N-dealkylation sites (N-methyl/N-ethyl adjacent to an activating group) is 1. The highest BCUT2D eigenvalue weighted by Crippen LogP contribution is 2.26. The summed E-state index contributed by atoms with van der Waals surface area (Å²) in [6.07, 6.45) is 0.369. The van der Waals surface area contributed by atoms with Gasteiger partial charge in [0.25, 0.3) is 5.91 Å². The van der Waals surface area contributed by atoms with Gasteiger partial charge in [0.1, 0.15) is 6.04 Å². The number of methoxy groups -OCH3 is 1. The van der Waals surface area contributed by atoms with Gasteiger partial charge in [0.2, 0.25) is 5.91 Å². The second kappa shape index (κ2) is 12.7. The van der Waals surface area contributed by atoms with Crippen molar-refractivity contribution in [1.29, 1.82) is 0 Å². The molecule has 0 bridgehead atoms. The Morgan fingerprint density at radius 3 is 2.29 bits per heavy atom. The van der Waals surface area contributed by atoms with Gasteiger partial charge in [-0.3, -0.25) is 9.59 Å². The molecule has 0 saturated heterocycles. The van der Waals surface area contributed by atoms with Crippen LogP contribution >= 0.6 is 11.6 Å². The van der Waals surface area contributed by atoms with Gasteiger partial charge >= 0.3 is 0 Å². The van der Waals surface area contributed by atoms with E-state index in [4.69, 9.17) is 21.1 Å². The SMILES string of the molecule is CCNC(=O)[C@H](Cc1ccccc1)N(Cc1cccc(Cl)c1)C(=O)COc1ccccc1OC. The van der Waals surface area contributed by atoms with Crippen molar-refractivity contribution in [3.63, 3.8) is 0 Å². The number of nitrogens with zero attached hydrogens (tertiary/aromatic N) is 1. The zero-order valence-corrected chi connectivity index (χ0v) is 20.1. The monoisotopic (exact) mass is 480 g/mol. The lowest BCUT2D eigenvalue weighted by molar-refractivity contribution is -0.142. The number of ether oxygens (including phenoxy) is 2. The first-order valence-corrected chi connectivity index (χ1v) is 11.5. The van der Waals surface area contributed by atoms with Gasteiger partial charge in [0, 0.05) is 24.5 Å². The van der Waals surface area contributed by atoms with Gasteiger partial charge in [-0.15, -0.1) is 0 Å². The number of carbonyl (C=O) groups is 2. The zero-order chi connectivity index (χ0) is 24.3. The first-order valence-electron chi connectivity index (χ1n) is 11.1. The van der Waals surface area contributed by atoms with E-state index in [2.05, 4.69) is 5.32 Å². The van der Waals surface area contributed by atoms with Crippen LogP contribution < -0.4 is 14.8 Å². The van der Waals surface area contributed by atoms with Gasteiger partial charge in [0.15, 0.2) is 18.1 Å². The van der Waals surface area contributed by atoms with Crippen LogP contribution in [0.15, 0.2) is 78.9 Å². The van der Waals surface area contributed by atoms with Crippen molar-refractivity contribution in [3.05, 3.63) is 95.0 Å². The minimum Gasteiger partial charge on any atom is -0.493 e. The van der Waals surface area contributed by atoms with Crippen LogP contribution in [0.3, 0.4) is 0 Å². The molecular formula is C27H29ClN2O4. The summed E-state index contributed by atoms with van der Waals surface area (Å²) in [7, 11) is 1.54. The highest BCUT2D eigenvalue weighted by Gasteiger charge is 2.30. The van der Waals surface area contributed by atoms with Crippen molar-refractivity contribution in [2.45, 2.75) is 25.9 Å². The molecule has 1 N–H and O–H groups in total. The quantitative estimate of drug-likeness (QED) is 0.438. The summed E-state index contributed by atoms with van der Waals surface area (Å²) in [5.41, 5.74) is 1.77. The van der Waals surface area contributed by atoms with E-state index < -0.39 is 6.04 Å². The van der Waals surface area contributed by atoms with Gasteiger partial charge in [-0.2, -0.15) is 0 Å². The first kappa shape index (κ1) is 25.1. The molecular weight excluding hydrogens is 452 g/mol. The Balaban J connectivity index is 1.90. The molecule has 1 atom stereocenters. The average molecular weight is 481 g/mol. The second-order valence-corrected chi connectivity index (χ2v) is 8.13. The average Bonchev–Trinajstić information content (AvgIpc) is 2.85. The summed E-state index contributed by atoms with van der Waals surface area (Å²) in [5.74, 6) is 0.442. The standard InChI is InChI=1S/C27H29ClN2O4/c1-3-29-27(32)23(17-20-10-5-4-6-11-20)30(18-21-12-9-13-22(28)16-21)26(31)19-34-25-15-8-7-14-24(25)33-2/h4-16,23H,3,17-19H2,1-2H3,(H,29,32)/t23-/m0/s1. The third kappa shape index (κ3) is 6.99. The Kier molecular flexibility index (Phi) is 9.35. The number of benzene rings is 3. The number of amides is 2. The Hall–Kier alpha value is -3.51. The van der Waals surface area contributed by atoms with Crippen LogP contribution in [0.1, 0.15) is 18.1 Å². The largest absolute Gasteiger partial charge is 0.493 e. The Labute approximate surface area is 205 Å². The van der Waals surface area contributed by atoms with E-state index in [1.807, 2.05) is 55.5 Å². The molecule has 0 radical (unpaired) electrons. The molecule has 6 nitrogen and oxygen atoms in total. The van der Waals surface area contributed by atoms with Gasteiger partial charge in [-0.25, -0.2) is 0 Å². The number of rotatable bonds is 11. The minimum absolute atomic E-state index is 0.212. The predicted octanol–water partition coefficient (Wildman–Crippen LogP) is 4.50. The molecule has 0 unspecified atom stereocenters. The molecule has 0 aromatic heterocycles. The lowest BCUT2D eigenvalue weighted by atomic mass is 10.0. The fourth-order valence-corrected chi connectivity index (χ4v) is 3.85. The van der Waals surface area contributed by atoms with E-state index in [-0.39, 0.29) is 25.0 Å². The summed E-state index contributed by atoms with van der Waals surface area (Å²) in [6.45, 7) is 2.28. The number of para-hydroxylation sites is 2. The van der Waals surface area contributed by atoms with E-state index >= 15 is 0 Å². The fourth-order valence-electron chi connectivity index (χ4n) is 3.64. The molecule has 0 aliphatic carbocycles. The van der Waals surface area contributed by atoms with Gasteiger partial charge in [-0.05, 0) is 42.3 Å². The van der Waals surface area contributed by atoms with Crippen LogP contribution in [-0.4, -0.2) is 43.0 Å². The van der Waals surface area contributed by atoms with E-state index in [1.54, 1.807) is 42.3 Å². The smallest absolute Gasteiger partial charge is 0.261 e. The molecule has 0 aliphatic heterocycles. The van der Waals surface area contributed by atoms with Crippen LogP contribution in [-0.2, 0) is 22.6 Å². The summed E-state index contributed by atoms with van der Waals surface area (Å²) in [4.78, 5) is 28.2. The normalized spacial score (nSPS) is 11.4. The fraction of sp³-hybridized carbons (Fsp3) is 0.259. The summed E-state index contributed by atoms with van der Waals surface area (Å²) >= 11 is 6.18. The lowest BCUT2D eigenvalue weighted by Gasteiger charge is -2.31. The number of hydrogen-bond acceptors (Lipinski definition) is 4. The topological polar surface area (TPSA) is 67.9 Å². The maximum atomic E-state index is 13.5. The summed E-state index contributed by atoms with van der Waals surface area (Å²) in [6, 6.07) is 23.3. The van der Waals surface area contributed by atoms with Crippen molar-refractivity contribution in [2.24, 2.45) is 0 Å². The molecule has 178 valence electrons. The molecule has 7 heteroatoms. The third-order valence-corrected chi connectivity index (χ3v) is 5.52. The maximum Gasteiger partial charge on any atom is 0.261 e. The van der Waals surface area contributed by atoms with Crippen molar-refractivity contribution in [3.8, 4) is 11.5 Å². The zero-order valence-electron chi connectivity index (χ0n) is 19.4. The molecule has 0 saturated carbocycles. The Morgan fingerprint density at radius 2 is 1.62 bits per heavy atom. The minimum atomic E-state index is -0.727. The lowest BCUT2D eigenvalue weighted by Crippen LogP contribution is -2.51. The molecule has 3 aromatic carbocycles. The molecule has 0 fully saturated rings. The second-order valence-electron chi connectivity index (χ2n) is 7.69. The Bertz CT molecular complexity index is 1090. The van der Waals surface area contributed by atoms with Crippen LogP contribution in [0.4, 0.5) is 0 Å². The van der Waals surface area contributed by atoms with Crippen molar-refractivity contribution >= 4 is 23.4 Å². The van der Waals surface area contributed by atoms with Gasteiger partial charge < -0.3 is 19.7 Å². The Morgan fingerprint density at radius 1 is 0.941 bits per heavy atom. The van der Waals surface area contributed by atoms with Crippen LogP contribution in [0.5, 0.6) is 11.5 Å². The van der Waals surface area contributed by atoms with E-state index in [0.717, 1.165) is 11.1 Å². The van der Waals surface area contributed by atoms with Crippen LogP contribution in [0.2, 0.25) is 5.02 Å². The molecule has 0 aliphatic rings. The van der Waals surface area contributed by atoms with Crippen LogP contribution in [0, 0.1) is 0 Å². The number of carbonyl (C=O) groups excluding carboxylic acids is 2. The van der Waals surface area contributed by atoms with Crippen LogP contribution in [0.25, 0.3) is 0 Å². The van der Waals surface area contributed by atoms with Crippen molar-refractivity contribution in [1.82, 2.24) is 10.2 Å². The maximum absolute atomic E-state index is 13.5. The molecule has 3 rings (SSSR count). The van der Waals surface area contributed by atoms with Gasteiger partial charge in [0.05, 0.1) is 7.11 Å². The third-order valence-electron chi connectivity index (χ3n) is 5.28. The van der Waals surface area contributed by atoms with E-state index in [9.17, 15) is 9.59 Å². The van der Waals surface area contributed by atoms with Gasteiger partial charge in [-0.1, -0.05) is 66.2 Å². The highest BCUT2D eigenvalue weighted by atomic mass is 35.5. The highest BCUT2D eigenvalue weighted by molar-refractivity contribution is 6.30. The summed E-state index contributed by atoms with van der Waals surface area (Å²) in [5, 5.41) is 3.43. The predicted molar refractivity (Wildman–Crippen MR) is 133 cm³/mol.